The summed E-state index contributed by atoms with van der Waals surface area (Å²) in [6.45, 7) is 8.61. The molecule has 1 N–H and O–H groups in total. The molecule has 1 amide bonds. The Balaban J connectivity index is 1.76. The van der Waals surface area contributed by atoms with E-state index in [1.807, 2.05) is 32.7 Å². The van der Waals surface area contributed by atoms with Crippen LogP contribution in [0.4, 0.5) is 4.79 Å². The van der Waals surface area contributed by atoms with Crippen molar-refractivity contribution < 1.29 is 9.53 Å². The highest BCUT2D eigenvalue weighted by Crippen LogP contribution is 2.60. The molecule has 0 bridgehead atoms. The van der Waals surface area contributed by atoms with Gasteiger partial charge >= 0.3 is 6.09 Å². The number of hydrogen-bond acceptors (Lipinski definition) is 3. The van der Waals surface area contributed by atoms with Crippen LogP contribution in [0.3, 0.4) is 0 Å². The van der Waals surface area contributed by atoms with E-state index in [-0.39, 0.29) is 11.7 Å². The average Bonchev–Trinajstić information content (AvgIpc) is 2.98. The van der Waals surface area contributed by atoms with Crippen molar-refractivity contribution in [2.24, 2.45) is 11.3 Å². The molecule has 1 saturated heterocycles. The summed E-state index contributed by atoms with van der Waals surface area (Å²) in [5.41, 5.74) is 0.163. The zero-order valence-electron chi connectivity index (χ0n) is 12.8. The highest BCUT2D eigenvalue weighted by molar-refractivity contribution is 5.68. The molecule has 4 nitrogen and oxygen atoms in total. The van der Waals surface area contributed by atoms with E-state index in [4.69, 9.17) is 4.74 Å². The van der Waals surface area contributed by atoms with E-state index in [2.05, 4.69) is 5.32 Å². The Morgan fingerprint density at radius 3 is 2.53 bits per heavy atom. The van der Waals surface area contributed by atoms with Crippen molar-refractivity contribution >= 4 is 6.09 Å². The standard InChI is InChI=1S/C15H28N2O2/c1-14(2,3)19-13(18)17-9-6-15(7-10-17)11-12(15)5-8-16-4/h12,16H,5-11H2,1-4H3. The second-order valence-electron chi connectivity index (χ2n) is 7.12. The molecule has 1 spiro atoms. The van der Waals surface area contributed by atoms with Gasteiger partial charge in [0.05, 0.1) is 0 Å². The molecule has 2 fully saturated rings. The largest absolute Gasteiger partial charge is 0.444 e. The van der Waals surface area contributed by atoms with Gasteiger partial charge in [0, 0.05) is 13.1 Å². The quantitative estimate of drug-likeness (QED) is 0.855. The van der Waals surface area contributed by atoms with E-state index in [1.165, 1.54) is 12.8 Å². The van der Waals surface area contributed by atoms with Gasteiger partial charge in [-0.1, -0.05) is 0 Å². The molecule has 19 heavy (non-hydrogen) atoms. The molecule has 0 aromatic heterocycles. The molecule has 4 heteroatoms. The third kappa shape index (κ3) is 3.62. The minimum atomic E-state index is -0.388. The normalized spacial score (nSPS) is 25.5. The maximum absolute atomic E-state index is 12.0. The van der Waals surface area contributed by atoms with Gasteiger partial charge in [-0.05, 0) is 71.4 Å². The van der Waals surface area contributed by atoms with Crippen molar-refractivity contribution in [2.75, 3.05) is 26.7 Å². The summed E-state index contributed by atoms with van der Waals surface area (Å²) in [6.07, 6.45) is 4.80. The molecule has 1 unspecified atom stereocenters. The number of carbonyl (C=O) groups excluding carboxylic acids is 1. The maximum Gasteiger partial charge on any atom is 0.410 e. The number of carbonyl (C=O) groups is 1. The molecular formula is C15H28N2O2. The lowest BCUT2D eigenvalue weighted by Gasteiger charge is -2.34. The van der Waals surface area contributed by atoms with E-state index in [0.29, 0.717) is 5.41 Å². The number of rotatable bonds is 3. The predicted octanol–water partition coefficient (Wildman–Crippen LogP) is 2.63. The summed E-state index contributed by atoms with van der Waals surface area (Å²) < 4.78 is 5.43. The summed E-state index contributed by atoms with van der Waals surface area (Å²) >= 11 is 0. The van der Waals surface area contributed by atoms with Gasteiger partial charge in [0.1, 0.15) is 5.60 Å². The van der Waals surface area contributed by atoms with Gasteiger partial charge < -0.3 is 15.0 Å². The SMILES string of the molecule is CNCCC1CC12CCN(C(=O)OC(C)(C)C)CC2. The molecule has 0 aromatic carbocycles. The van der Waals surface area contributed by atoms with Crippen molar-refractivity contribution in [3.05, 3.63) is 0 Å². The van der Waals surface area contributed by atoms with Crippen LogP contribution < -0.4 is 5.32 Å². The van der Waals surface area contributed by atoms with Crippen LogP contribution in [0.15, 0.2) is 0 Å². The van der Waals surface area contributed by atoms with Crippen molar-refractivity contribution in [2.45, 2.75) is 52.1 Å². The minimum absolute atomic E-state index is 0.144. The molecule has 110 valence electrons. The fourth-order valence-corrected chi connectivity index (χ4v) is 3.23. The van der Waals surface area contributed by atoms with E-state index < -0.39 is 0 Å². The van der Waals surface area contributed by atoms with Gasteiger partial charge in [-0.15, -0.1) is 0 Å². The van der Waals surface area contributed by atoms with Crippen molar-refractivity contribution in [1.82, 2.24) is 10.2 Å². The zero-order chi connectivity index (χ0) is 14.1. The highest BCUT2D eigenvalue weighted by Gasteiger charge is 2.54. The number of amides is 1. The van der Waals surface area contributed by atoms with Crippen LogP contribution in [0.5, 0.6) is 0 Å². The number of ether oxygens (including phenoxy) is 1. The lowest BCUT2D eigenvalue weighted by molar-refractivity contribution is 0.0165. The summed E-state index contributed by atoms with van der Waals surface area (Å²) in [5.74, 6) is 0.876. The minimum Gasteiger partial charge on any atom is -0.444 e. The van der Waals surface area contributed by atoms with E-state index in [9.17, 15) is 4.79 Å². The van der Waals surface area contributed by atoms with Crippen LogP contribution in [-0.2, 0) is 4.74 Å². The van der Waals surface area contributed by atoms with Crippen LogP contribution in [0.25, 0.3) is 0 Å². The molecular weight excluding hydrogens is 240 g/mol. The fraction of sp³-hybridized carbons (Fsp3) is 0.933. The summed E-state index contributed by atoms with van der Waals surface area (Å²) in [5, 5.41) is 3.23. The smallest absolute Gasteiger partial charge is 0.410 e. The van der Waals surface area contributed by atoms with Crippen molar-refractivity contribution in [3.63, 3.8) is 0 Å². The Morgan fingerprint density at radius 2 is 2.00 bits per heavy atom. The molecule has 2 aliphatic rings. The van der Waals surface area contributed by atoms with Crippen LogP contribution in [-0.4, -0.2) is 43.3 Å². The third-order valence-electron chi connectivity index (χ3n) is 4.51. The van der Waals surface area contributed by atoms with Gasteiger partial charge in [0.15, 0.2) is 0 Å². The summed E-state index contributed by atoms with van der Waals surface area (Å²) in [6, 6.07) is 0. The van der Waals surface area contributed by atoms with E-state index in [1.54, 1.807) is 0 Å². The summed E-state index contributed by atoms with van der Waals surface area (Å²) in [4.78, 5) is 13.9. The highest BCUT2D eigenvalue weighted by atomic mass is 16.6. The lowest BCUT2D eigenvalue weighted by Crippen LogP contribution is -2.42. The van der Waals surface area contributed by atoms with Crippen LogP contribution in [0.2, 0.25) is 0 Å². The van der Waals surface area contributed by atoms with Gasteiger partial charge in [-0.2, -0.15) is 0 Å². The number of hydrogen-bond donors (Lipinski definition) is 1. The Morgan fingerprint density at radius 1 is 1.37 bits per heavy atom. The lowest BCUT2D eigenvalue weighted by atomic mass is 9.90. The number of piperidine rings is 1. The van der Waals surface area contributed by atoms with Gasteiger partial charge in [0.25, 0.3) is 0 Å². The molecule has 1 aliphatic carbocycles. The Bertz CT molecular complexity index is 328. The van der Waals surface area contributed by atoms with E-state index in [0.717, 1.165) is 38.4 Å². The Labute approximate surface area is 116 Å². The van der Waals surface area contributed by atoms with Crippen molar-refractivity contribution in [1.29, 1.82) is 0 Å². The van der Waals surface area contributed by atoms with Gasteiger partial charge in [0.2, 0.25) is 0 Å². The Hall–Kier alpha value is -0.770. The van der Waals surface area contributed by atoms with Gasteiger partial charge in [-0.25, -0.2) is 4.79 Å². The molecule has 2 rings (SSSR count). The first-order valence-electron chi connectivity index (χ1n) is 7.49. The second kappa shape index (κ2) is 5.31. The summed E-state index contributed by atoms with van der Waals surface area (Å²) in [7, 11) is 2.01. The average molecular weight is 268 g/mol. The van der Waals surface area contributed by atoms with E-state index >= 15 is 0 Å². The molecule has 1 atom stereocenters. The Kier molecular flexibility index (Phi) is 4.09. The molecule has 0 aromatic rings. The number of likely N-dealkylation sites (tertiary alicyclic amines) is 1. The monoisotopic (exact) mass is 268 g/mol. The van der Waals surface area contributed by atoms with Crippen LogP contribution >= 0.6 is 0 Å². The maximum atomic E-state index is 12.0. The fourth-order valence-electron chi connectivity index (χ4n) is 3.23. The molecule has 1 saturated carbocycles. The first-order chi connectivity index (χ1) is 8.86. The van der Waals surface area contributed by atoms with Crippen LogP contribution in [0.1, 0.15) is 46.5 Å². The van der Waals surface area contributed by atoms with Gasteiger partial charge in [-0.3, -0.25) is 0 Å². The molecule has 0 radical (unpaired) electrons. The first-order valence-corrected chi connectivity index (χ1v) is 7.49. The predicted molar refractivity (Wildman–Crippen MR) is 76.1 cm³/mol. The van der Waals surface area contributed by atoms with Crippen molar-refractivity contribution in [3.8, 4) is 0 Å². The second-order valence-corrected chi connectivity index (χ2v) is 7.12. The molecule has 1 aliphatic heterocycles. The third-order valence-corrected chi connectivity index (χ3v) is 4.51. The zero-order valence-corrected chi connectivity index (χ0v) is 12.8. The molecule has 1 heterocycles. The number of nitrogens with zero attached hydrogens (tertiary/aromatic N) is 1. The number of nitrogens with one attached hydrogen (secondary N) is 1. The van der Waals surface area contributed by atoms with Crippen LogP contribution in [0, 0.1) is 11.3 Å². The first kappa shape index (κ1) is 14.6. The topological polar surface area (TPSA) is 41.6 Å².